The lowest BCUT2D eigenvalue weighted by molar-refractivity contribution is -0.0403. The van der Waals surface area contributed by atoms with E-state index in [1.54, 1.807) is 0 Å². The monoisotopic (exact) mass is 293 g/mol. The third-order valence-corrected chi connectivity index (χ3v) is 5.21. The Labute approximate surface area is 126 Å². The fraction of sp³-hybridized carbons (Fsp3) is 0.875. The van der Waals surface area contributed by atoms with Gasteiger partial charge in [0.1, 0.15) is 5.60 Å². The highest BCUT2D eigenvalue weighted by molar-refractivity contribution is 5.05. The van der Waals surface area contributed by atoms with E-state index in [2.05, 4.69) is 22.4 Å². The highest BCUT2D eigenvalue weighted by atomic mass is 16.5. The van der Waals surface area contributed by atoms with Crippen molar-refractivity contribution >= 4 is 0 Å². The Balaban J connectivity index is 1.73. The first-order valence-electron chi connectivity index (χ1n) is 8.40. The maximum Gasteiger partial charge on any atom is 0.243 e. The molecule has 4 atom stereocenters. The SMILES string of the molecule is CCOC(C)(CC)c1noc(C2CC3CCCCC3N2)n1. The van der Waals surface area contributed by atoms with Crippen LogP contribution in [0, 0.1) is 5.92 Å². The van der Waals surface area contributed by atoms with Gasteiger partial charge in [-0.15, -0.1) is 0 Å². The average molecular weight is 293 g/mol. The van der Waals surface area contributed by atoms with E-state index < -0.39 is 5.60 Å². The van der Waals surface area contributed by atoms with Gasteiger partial charge in [0, 0.05) is 12.6 Å². The van der Waals surface area contributed by atoms with E-state index in [9.17, 15) is 0 Å². The Morgan fingerprint density at radius 1 is 1.33 bits per heavy atom. The van der Waals surface area contributed by atoms with Crippen LogP contribution < -0.4 is 5.32 Å². The van der Waals surface area contributed by atoms with Crippen molar-refractivity contribution in [2.45, 2.75) is 77.0 Å². The van der Waals surface area contributed by atoms with Gasteiger partial charge in [-0.2, -0.15) is 4.98 Å². The number of nitrogens with one attached hydrogen (secondary N) is 1. The van der Waals surface area contributed by atoms with Crippen molar-refractivity contribution < 1.29 is 9.26 Å². The molecule has 0 radical (unpaired) electrons. The summed E-state index contributed by atoms with van der Waals surface area (Å²) in [6.45, 7) is 6.78. The van der Waals surface area contributed by atoms with E-state index in [1.165, 1.54) is 25.7 Å². The Kier molecular flexibility index (Phi) is 4.31. The van der Waals surface area contributed by atoms with Gasteiger partial charge in [0.2, 0.25) is 11.7 Å². The molecule has 5 heteroatoms. The fourth-order valence-corrected chi connectivity index (χ4v) is 3.75. The fourth-order valence-electron chi connectivity index (χ4n) is 3.75. The summed E-state index contributed by atoms with van der Waals surface area (Å²) >= 11 is 0. The van der Waals surface area contributed by atoms with Crippen LogP contribution in [0.5, 0.6) is 0 Å². The second kappa shape index (κ2) is 6.05. The van der Waals surface area contributed by atoms with Crippen LogP contribution in [0.4, 0.5) is 0 Å². The normalized spacial score (nSPS) is 31.9. The van der Waals surface area contributed by atoms with Gasteiger partial charge < -0.3 is 14.6 Å². The maximum absolute atomic E-state index is 5.83. The predicted octanol–water partition coefficient (Wildman–Crippen LogP) is 3.32. The first-order valence-corrected chi connectivity index (χ1v) is 8.40. The molecule has 0 aromatic carbocycles. The first-order chi connectivity index (χ1) is 10.2. The molecule has 1 aromatic heterocycles. The van der Waals surface area contributed by atoms with Gasteiger partial charge in [0.25, 0.3) is 0 Å². The van der Waals surface area contributed by atoms with Crippen LogP contribution in [0.3, 0.4) is 0 Å². The summed E-state index contributed by atoms with van der Waals surface area (Å²) in [5.74, 6) is 2.20. The molecule has 4 unspecified atom stereocenters. The quantitative estimate of drug-likeness (QED) is 0.902. The van der Waals surface area contributed by atoms with Gasteiger partial charge in [0.15, 0.2) is 0 Å². The van der Waals surface area contributed by atoms with Gasteiger partial charge >= 0.3 is 0 Å². The van der Waals surface area contributed by atoms with Gasteiger partial charge in [-0.05, 0) is 45.4 Å². The lowest BCUT2D eigenvalue weighted by atomic mass is 9.85. The Bertz CT molecular complexity index is 462. The van der Waals surface area contributed by atoms with Crippen molar-refractivity contribution in [3.63, 3.8) is 0 Å². The molecule has 0 spiro atoms. The largest absolute Gasteiger partial charge is 0.367 e. The third-order valence-electron chi connectivity index (χ3n) is 5.21. The molecule has 1 aliphatic heterocycles. The van der Waals surface area contributed by atoms with Crippen LogP contribution in [0.15, 0.2) is 4.52 Å². The topological polar surface area (TPSA) is 60.2 Å². The standard InChI is InChI=1S/C16H27N3O2/c1-4-16(3,20-5-2)15-18-14(21-19-15)13-10-11-8-6-7-9-12(11)17-13/h11-13,17H,4-10H2,1-3H3. The highest BCUT2D eigenvalue weighted by Gasteiger charge is 2.39. The minimum atomic E-state index is -0.443. The minimum absolute atomic E-state index is 0.224. The minimum Gasteiger partial charge on any atom is -0.367 e. The molecule has 1 saturated heterocycles. The van der Waals surface area contributed by atoms with Gasteiger partial charge in [-0.1, -0.05) is 24.9 Å². The molecule has 1 aliphatic carbocycles. The molecule has 1 saturated carbocycles. The number of hydrogen-bond donors (Lipinski definition) is 1. The summed E-state index contributed by atoms with van der Waals surface area (Å²) in [5.41, 5.74) is -0.443. The Hall–Kier alpha value is -0.940. The lowest BCUT2D eigenvalue weighted by Crippen LogP contribution is -2.30. The molecule has 3 rings (SSSR count). The summed E-state index contributed by atoms with van der Waals surface area (Å²) in [6, 6.07) is 0.866. The van der Waals surface area contributed by atoms with Crippen molar-refractivity contribution in [2.24, 2.45) is 5.92 Å². The Morgan fingerprint density at radius 3 is 2.86 bits per heavy atom. The predicted molar refractivity (Wildman–Crippen MR) is 79.8 cm³/mol. The van der Waals surface area contributed by atoms with E-state index in [1.807, 2.05) is 13.8 Å². The molecule has 118 valence electrons. The van der Waals surface area contributed by atoms with Crippen molar-refractivity contribution in [2.75, 3.05) is 6.61 Å². The van der Waals surface area contributed by atoms with Crippen LogP contribution in [0.1, 0.15) is 77.1 Å². The summed E-state index contributed by atoms with van der Waals surface area (Å²) < 4.78 is 11.4. The van der Waals surface area contributed by atoms with Crippen LogP contribution in [0.25, 0.3) is 0 Å². The van der Waals surface area contributed by atoms with Crippen LogP contribution in [0.2, 0.25) is 0 Å². The Morgan fingerprint density at radius 2 is 2.14 bits per heavy atom. The zero-order chi connectivity index (χ0) is 14.9. The maximum atomic E-state index is 5.83. The molecule has 2 aliphatic rings. The summed E-state index contributed by atoms with van der Waals surface area (Å²) in [6.07, 6.45) is 7.29. The first kappa shape index (κ1) is 15.0. The van der Waals surface area contributed by atoms with Gasteiger partial charge in [0.05, 0.1) is 6.04 Å². The van der Waals surface area contributed by atoms with Crippen LogP contribution >= 0.6 is 0 Å². The molecule has 1 N–H and O–H groups in total. The van der Waals surface area contributed by atoms with Gasteiger partial charge in [-0.25, -0.2) is 0 Å². The smallest absolute Gasteiger partial charge is 0.243 e. The molecule has 2 heterocycles. The molecule has 21 heavy (non-hydrogen) atoms. The average Bonchev–Trinajstić information content (AvgIpc) is 3.14. The van der Waals surface area contributed by atoms with E-state index in [4.69, 9.17) is 9.26 Å². The highest BCUT2D eigenvalue weighted by Crippen LogP contribution is 2.39. The number of ether oxygens (including phenoxy) is 1. The number of rotatable bonds is 5. The summed E-state index contributed by atoms with van der Waals surface area (Å²) in [4.78, 5) is 4.65. The molecular weight excluding hydrogens is 266 g/mol. The lowest BCUT2D eigenvalue weighted by Gasteiger charge is -2.24. The number of fused-ring (bicyclic) bond motifs is 1. The second-order valence-corrected chi connectivity index (χ2v) is 6.58. The van der Waals surface area contributed by atoms with E-state index >= 15 is 0 Å². The van der Waals surface area contributed by atoms with Gasteiger partial charge in [-0.3, -0.25) is 0 Å². The van der Waals surface area contributed by atoms with Crippen molar-refractivity contribution in [3.05, 3.63) is 11.7 Å². The zero-order valence-electron chi connectivity index (χ0n) is 13.4. The number of nitrogens with zero attached hydrogens (tertiary/aromatic N) is 2. The number of hydrogen-bond acceptors (Lipinski definition) is 5. The molecule has 5 nitrogen and oxygen atoms in total. The molecule has 0 bridgehead atoms. The summed E-state index contributed by atoms with van der Waals surface area (Å²) in [5, 5.41) is 7.88. The molecule has 2 fully saturated rings. The molecular formula is C16H27N3O2. The summed E-state index contributed by atoms with van der Waals surface area (Å²) in [7, 11) is 0. The van der Waals surface area contributed by atoms with Crippen molar-refractivity contribution in [3.8, 4) is 0 Å². The van der Waals surface area contributed by atoms with Crippen LogP contribution in [-0.4, -0.2) is 22.8 Å². The molecule has 1 aromatic rings. The van der Waals surface area contributed by atoms with E-state index in [0.717, 1.165) is 24.7 Å². The third kappa shape index (κ3) is 2.86. The van der Waals surface area contributed by atoms with Crippen molar-refractivity contribution in [1.29, 1.82) is 0 Å². The van der Waals surface area contributed by atoms with E-state index in [0.29, 0.717) is 18.5 Å². The van der Waals surface area contributed by atoms with Crippen LogP contribution in [-0.2, 0) is 10.3 Å². The molecule has 0 amide bonds. The van der Waals surface area contributed by atoms with E-state index in [-0.39, 0.29) is 6.04 Å². The second-order valence-electron chi connectivity index (χ2n) is 6.58. The number of aromatic nitrogens is 2. The van der Waals surface area contributed by atoms with Crippen molar-refractivity contribution in [1.82, 2.24) is 15.5 Å². The zero-order valence-corrected chi connectivity index (χ0v) is 13.4.